The van der Waals surface area contributed by atoms with Crippen LogP contribution in [0.15, 0.2) is 0 Å². The monoisotopic (exact) mass is 314 g/mol. The van der Waals surface area contributed by atoms with E-state index in [0.29, 0.717) is 18.9 Å². The molecule has 0 bridgehead atoms. The van der Waals surface area contributed by atoms with Gasteiger partial charge in [0.2, 0.25) is 5.91 Å². The molecular formula is C15H26N2O3S. The van der Waals surface area contributed by atoms with Crippen LogP contribution in [-0.2, 0) is 14.6 Å². The minimum Gasteiger partial charge on any atom is -0.345 e. The lowest BCUT2D eigenvalue weighted by atomic mass is 9.67. The summed E-state index contributed by atoms with van der Waals surface area (Å²) in [5, 5.41) is 3.40. The van der Waals surface area contributed by atoms with Gasteiger partial charge in [-0.1, -0.05) is 12.8 Å². The van der Waals surface area contributed by atoms with E-state index in [-0.39, 0.29) is 28.7 Å². The molecule has 0 aromatic heterocycles. The normalized spacial score (nSPS) is 38.1. The number of amides is 1. The zero-order valence-corrected chi connectivity index (χ0v) is 13.6. The lowest BCUT2D eigenvalue weighted by Gasteiger charge is -2.40. The molecule has 21 heavy (non-hydrogen) atoms. The first-order valence-corrected chi connectivity index (χ1v) is 9.92. The van der Waals surface area contributed by atoms with Crippen LogP contribution in [0.25, 0.3) is 0 Å². The molecule has 1 aliphatic carbocycles. The van der Waals surface area contributed by atoms with E-state index >= 15 is 0 Å². The van der Waals surface area contributed by atoms with Gasteiger partial charge in [-0.25, -0.2) is 8.42 Å². The third kappa shape index (κ3) is 2.84. The summed E-state index contributed by atoms with van der Waals surface area (Å²) < 4.78 is 23.1. The first-order chi connectivity index (χ1) is 9.93. The number of fused-ring (bicyclic) bond motifs is 1. The van der Waals surface area contributed by atoms with Crippen molar-refractivity contribution in [2.75, 3.05) is 38.2 Å². The van der Waals surface area contributed by atoms with Gasteiger partial charge in [-0.3, -0.25) is 4.79 Å². The van der Waals surface area contributed by atoms with E-state index in [0.717, 1.165) is 32.4 Å². The van der Waals surface area contributed by atoms with Crippen molar-refractivity contribution < 1.29 is 13.2 Å². The van der Waals surface area contributed by atoms with E-state index < -0.39 is 9.84 Å². The third-order valence-corrected chi connectivity index (χ3v) is 7.51. The van der Waals surface area contributed by atoms with Crippen LogP contribution in [0.4, 0.5) is 0 Å². The van der Waals surface area contributed by atoms with Crippen molar-refractivity contribution in [2.45, 2.75) is 32.1 Å². The summed E-state index contributed by atoms with van der Waals surface area (Å²) in [5.74, 6) is 1.36. The van der Waals surface area contributed by atoms with Gasteiger partial charge in [-0.15, -0.1) is 0 Å². The van der Waals surface area contributed by atoms with Gasteiger partial charge < -0.3 is 10.2 Å². The zero-order valence-electron chi connectivity index (χ0n) is 12.8. The van der Waals surface area contributed by atoms with E-state index in [1.54, 1.807) is 0 Å². The molecule has 3 fully saturated rings. The predicted octanol–water partition coefficient (Wildman–Crippen LogP) is 0.659. The van der Waals surface area contributed by atoms with E-state index in [9.17, 15) is 13.2 Å². The van der Waals surface area contributed by atoms with Crippen LogP contribution < -0.4 is 5.32 Å². The van der Waals surface area contributed by atoms with Crippen LogP contribution in [0, 0.1) is 17.3 Å². The molecule has 0 aromatic rings. The van der Waals surface area contributed by atoms with Crippen molar-refractivity contribution in [1.29, 1.82) is 0 Å². The maximum absolute atomic E-state index is 13.0. The third-order valence-electron chi connectivity index (χ3n) is 5.67. The summed E-state index contributed by atoms with van der Waals surface area (Å²) in [6.45, 7) is 2.34. The van der Waals surface area contributed by atoms with E-state index in [4.69, 9.17) is 0 Å². The van der Waals surface area contributed by atoms with Crippen LogP contribution in [0.5, 0.6) is 0 Å². The van der Waals surface area contributed by atoms with Crippen LogP contribution in [0.2, 0.25) is 0 Å². The number of hydrogen-bond donors (Lipinski definition) is 1. The molecule has 1 amide bonds. The molecule has 2 heterocycles. The molecule has 0 spiro atoms. The number of carbonyl (C=O) groups excluding carboxylic acids is 1. The molecule has 2 saturated heterocycles. The molecule has 0 aromatic carbocycles. The van der Waals surface area contributed by atoms with Crippen LogP contribution >= 0.6 is 0 Å². The number of sulfone groups is 1. The molecule has 2 aliphatic heterocycles. The molecule has 5 nitrogen and oxygen atoms in total. The number of hydrogen-bond acceptors (Lipinski definition) is 4. The fourth-order valence-corrected chi connectivity index (χ4v) is 6.38. The van der Waals surface area contributed by atoms with Crippen molar-refractivity contribution in [3.8, 4) is 0 Å². The Balaban J connectivity index is 1.67. The minimum atomic E-state index is -2.86. The Labute approximate surface area is 127 Å². The number of carbonyl (C=O) groups is 1. The molecule has 120 valence electrons. The average Bonchev–Trinajstić information content (AvgIpc) is 3.01. The Hall–Kier alpha value is -0.620. The van der Waals surface area contributed by atoms with Crippen molar-refractivity contribution in [1.82, 2.24) is 10.2 Å². The van der Waals surface area contributed by atoms with Crippen LogP contribution in [0.1, 0.15) is 32.1 Å². The molecular weight excluding hydrogens is 288 g/mol. The summed E-state index contributed by atoms with van der Waals surface area (Å²) in [5.41, 5.74) is -0.218. The Kier molecular flexibility index (Phi) is 4.03. The molecule has 1 unspecified atom stereocenters. The lowest BCUT2D eigenvalue weighted by Crippen LogP contribution is -2.49. The Morgan fingerprint density at radius 3 is 2.86 bits per heavy atom. The first-order valence-electron chi connectivity index (χ1n) is 8.10. The van der Waals surface area contributed by atoms with E-state index in [1.807, 2.05) is 11.9 Å². The smallest absolute Gasteiger partial charge is 0.230 e. The van der Waals surface area contributed by atoms with Gasteiger partial charge in [-0.05, 0) is 37.6 Å². The molecule has 6 heteroatoms. The van der Waals surface area contributed by atoms with Gasteiger partial charge in [0, 0.05) is 20.1 Å². The van der Waals surface area contributed by atoms with Crippen molar-refractivity contribution in [3.63, 3.8) is 0 Å². The summed E-state index contributed by atoms with van der Waals surface area (Å²) in [7, 11) is -1.01. The molecule has 1 N–H and O–H groups in total. The summed E-state index contributed by atoms with van der Waals surface area (Å²) in [6.07, 6.45) is 5.19. The zero-order chi connectivity index (χ0) is 15.1. The number of nitrogens with one attached hydrogen (secondary N) is 1. The maximum atomic E-state index is 13.0. The highest BCUT2D eigenvalue weighted by Gasteiger charge is 2.51. The Morgan fingerprint density at radius 2 is 2.14 bits per heavy atom. The fourth-order valence-electron chi connectivity index (χ4n) is 4.53. The SMILES string of the molecule is CN(CC1CCS(=O)(=O)C1)C(=O)[C@@]12CCCC[C@H]1CNC2. The summed E-state index contributed by atoms with van der Waals surface area (Å²) in [4.78, 5) is 14.8. The van der Waals surface area contributed by atoms with Gasteiger partial charge in [0.1, 0.15) is 0 Å². The van der Waals surface area contributed by atoms with Gasteiger partial charge >= 0.3 is 0 Å². The highest BCUT2D eigenvalue weighted by molar-refractivity contribution is 7.91. The van der Waals surface area contributed by atoms with Gasteiger partial charge in [0.05, 0.1) is 16.9 Å². The van der Waals surface area contributed by atoms with Gasteiger partial charge in [0.25, 0.3) is 0 Å². The molecule has 3 atom stereocenters. The number of nitrogens with zero attached hydrogens (tertiary/aromatic N) is 1. The van der Waals surface area contributed by atoms with E-state index in [2.05, 4.69) is 5.32 Å². The second-order valence-corrected chi connectivity index (χ2v) is 9.41. The topological polar surface area (TPSA) is 66.5 Å². The first kappa shape index (κ1) is 15.3. The van der Waals surface area contributed by atoms with Crippen LogP contribution in [-0.4, -0.2) is 57.4 Å². The Morgan fingerprint density at radius 1 is 1.33 bits per heavy atom. The predicted molar refractivity (Wildman–Crippen MR) is 81.7 cm³/mol. The number of rotatable bonds is 3. The molecule has 3 aliphatic rings. The van der Waals surface area contributed by atoms with Crippen molar-refractivity contribution >= 4 is 15.7 Å². The highest BCUT2D eigenvalue weighted by atomic mass is 32.2. The second-order valence-electron chi connectivity index (χ2n) is 7.18. The highest BCUT2D eigenvalue weighted by Crippen LogP contribution is 2.45. The van der Waals surface area contributed by atoms with Crippen molar-refractivity contribution in [2.24, 2.45) is 17.3 Å². The lowest BCUT2D eigenvalue weighted by molar-refractivity contribution is -0.144. The molecule has 0 radical (unpaired) electrons. The standard InChI is InChI=1S/C15H26N2O3S/c1-17(9-12-5-7-21(19,20)10-12)14(18)15-6-3-2-4-13(15)8-16-11-15/h12-13,16H,2-11H2,1H3/t12?,13-,15+/m0/s1. The largest absolute Gasteiger partial charge is 0.345 e. The van der Waals surface area contributed by atoms with Gasteiger partial charge in [0.15, 0.2) is 9.84 Å². The molecule has 1 saturated carbocycles. The summed E-state index contributed by atoms with van der Waals surface area (Å²) in [6, 6.07) is 0. The van der Waals surface area contributed by atoms with E-state index in [1.165, 1.54) is 6.42 Å². The quantitative estimate of drug-likeness (QED) is 0.831. The van der Waals surface area contributed by atoms with Crippen molar-refractivity contribution in [3.05, 3.63) is 0 Å². The fraction of sp³-hybridized carbons (Fsp3) is 0.933. The maximum Gasteiger partial charge on any atom is 0.230 e. The van der Waals surface area contributed by atoms with Gasteiger partial charge in [-0.2, -0.15) is 0 Å². The minimum absolute atomic E-state index is 0.122. The second kappa shape index (κ2) is 5.54. The Bertz CT molecular complexity index is 519. The molecule has 3 rings (SSSR count). The average molecular weight is 314 g/mol. The van der Waals surface area contributed by atoms with Crippen LogP contribution in [0.3, 0.4) is 0 Å². The summed E-state index contributed by atoms with van der Waals surface area (Å²) >= 11 is 0.